The van der Waals surface area contributed by atoms with E-state index in [-0.39, 0.29) is 12.8 Å². The standard InChI is InChI=1S/C7H9F2N3/c8-7(9)2-1-6-11-10-5-12(6)4-3-7/h5H,1-4H2. The van der Waals surface area contributed by atoms with Gasteiger partial charge in [0.05, 0.1) is 0 Å². The van der Waals surface area contributed by atoms with Crippen LogP contribution in [0.25, 0.3) is 0 Å². The summed E-state index contributed by atoms with van der Waals surface area (Å²) >= 11 is 0. The predicted molar refractivity (Wildman–Crippen MR) is 37.9 cm³/mol. The number of nitrogens with zero attached hydrogens (tertiary/aromatic N) is 3. The van der Waals surface area contributed by atoms with E-state index in [0.717, 1.165) is 0 Å². The summed E-state index contributed by atoms with van der Waals surface area (Å²) in [5.74, 6) is -1.85. The molecule has 1 aromatic rings. The molecular formula is C7H9F2N3. The summed E-state index contributed by atoms with van der Waals surface area (Å²) in [4.78, 5) is 0. The van der Waals surface area contributed by atoms with Gasteiger partial charge in [0, 0.05) is 25.8 Å². The normalized spacial score (nSPS) is 21.5. The van der Waals surface area contributed by atoms with Crippen molar-refractivity contribution in [2.24, 2.45) is 0 Å². The highest BCUT2D eigenvalue weighted by Gasteiger charge is 2.31. The van der Waals surface area contributed by atoms with Gasteiger partial charge in [-0.25, -0.2) is 8.78 Å². The molecule has 0 aliphatic carbocycles. The van der Waals surface area contributed by atoms with Crippen molar-refractivity contribution in [3.05, 3.63) is 12.2 Å². The smallest absolute Gasteiger partial charge is 0.250 e. The van der Waals surface area contributed by atoms with E-state index in [1.165, 1.54) is 6.33 Å². The average Bonchev–Trinajstić information content (AvgIpc) is 2.40. The fourth-order valence-electron chi connectivity index (χ4n) is 1.36. The third-order valence-corrected chi connectivity index (χ3v) is 2.13. The molecule has 1 aliphatic rings. The van der Waals surface area contributed by atoms with Crippen molar-refractivity contribution in [1.29, 1.82) is 0 Å². The quantitative estimate of drug-likeness (QED) is 0.591. The Kier molecular flexibility index (Phi) is 1.59. The van der Waals surface area contributed by atoms with Gasteiger partial charge in [-0.3, -0.25) is 0 Å². The lowest BCUT2D eigenvalue weighted by Crippen LogP contribution is -2.16. The van der Waals surface area contributed by atoms with Crippen LogP contribution < -0.4 is 0 Å². The maximum absolute atomic E-state index is 12.8. The van der Waals surface area contributed by atoms with Crippen molar-refractivity contribution in [3.8, 4) is 0 Å². The lowest BCUT2D eigenvalue weighted by Gasteiger charge is -2.10. The Morgan fingerprint density at radius 3 is 3.08 bits per heavy atom. The molecule has 3 nitrogen and oxygen atoms in total. The molecule has 2 rings (SSSR count). The molecule has 2 heterocycles. The Morgan fingerprint density at radius 2 is 2.25 bits per heavy atom. The van der Waals surface area contributed by atoms with Gasteiger partial charge in [0.25, 0.3) is 0 Å². The summed E-state index contributed by atoms with van der Waals surface area (Å²) in [6.45, 7) is 0.329. The first kappa shape index (κ1) is 7.64. The topological polar surface area (TPSA) is 30.7 Å². The van der Waals surface area contributed by atoms with E-state index in [4.69, 9.17) is 0 Å². The van der Waals surface area contributed by atoms with Crippen LogP contribution in [0.3, 0.4) is 0 Å². The second-order valence-corrected chi connectivity index (χ2v) is 3.05. The Balaban J connectivity index is 2.21. The van der Waals surface area contributed by atoms with Crippen LogP contribution in [0.1, 0.15) is 18.7 Å². The summed E-state index contributed by atoms with van der Waals surface area (Å²) in [7, 11) is 0. The molecule has 0 spiro atoms. The Hall–Kier alpha value is -1.00. The zero-order valence-corrected chi connectivity index (χ0v) is 6.50. The van der Waals surface area contributed by atoms with Gasteiger partial charge >= 0.3 is 0 Å². The van der Waals surface area contributed by atoms with Gasteiger partial charge in [-0.1, -0.05) is 0 Å². The van der Waals surface area contributed by atoms with E-state index in [0.29, 0.717) is 18.8 Å². The summed E-state index contributed by atoms with van der Waals surface area (Å²) in [6.07, 6.45) is 1.63. The average molecular weight is 173 g/mol. The highest BCUT2D eigenvalue weighted by Crippen LogP contribution is 2.27. The van der Waals surface area contributed by atoms with Gasteiger partial charge in [-0.05, 0) is 0 Å². The monoisotopic (exact) mass is 173 g/mol. The van der Waals surface area contributed by atoms with E-state index in [9.17, 15) is 8.78 Å². The second-order valence-electron chi connectivity index (χ2n) is 3.05. The lowest BCUT2D eigenvalue weighted by molar-refractivity contribution is -0.0154. The minimum atomic E-state index is -2.53. The van der Waals surface area contributed by atoms with Crippen molar-refractivity contribution in [1.82, 2.24) is 14.8 Å². The van der Waals surface area contributed by atoms with E-state index >= 15 is 0 Å². The fraction of sp³-hybridized carbons (Fsp3) is 0.714. The number of aryl methyl sites for hydroxylation is 2. The minimum Gasteiger partial charge on any atom is -0.317 e. The highest BCUT2D eigenvalue weighted by atomic mass is 19.3. The van der Waals surface area contributed by atoms with Gasteiger partial charge in [0.2, 0.25) is 5.92 Å². The van der Waals surface area contributed by atoms with Crippen LogP contribution in [-0.2, 0) is 13.0 Å². The van der Waals surface area contributed by atoms with Crippen LogP contribution >= 0.6 is 0 Å². The molecule has 0 aromatic carbocycles. The number of halogens is 2. The molecule has 0 amide bonds. The molecule has 0 N–H and O–H groups in total. The first-order valence-corrected chi connectivity index (χ1v) is 3.92. The second kappa shape index (κ2) is 2.50. The molecule has 12 heavy (non-hydrogen) atoms. The van der Waals surface area contributed by atoms with E-state index in [1.54, 1.807) is 4.57 Å². The molecule has 0 saturated carbocycles. The molecule has 66 valence electrons. The molecule has 0 atom stereocenters. The molecule has 0 fully saturated rings. The Labute approximate surface area is 68.4 Å². The van der Waals surface area contributed by atoms with Crippen molar-refractivity contribution < 1.29 is 8.78 Å². The number of hydrogen-bond acceptors (Lipinski definition) is 2. The van der Waals surface area contributed by atoms with Crippen molar-refractivity contribution in [2.45, 2.75) is 31.7 Å². The van der Waals surface area contributed by atoms with Gasteiger partial charge in [-0.15, -0.1) is 10.2 Å². The minimum absolute atomic E-state index is 0.0992. The Morgan fingerprint density at radius 1 is 1.42 bits per heavy atom. The summed E-state index contributed by atoms with van der Waals surface area (Å²) in [5.41, 5.74) is 0. The lowest BCUT2D eigenvalue weighted by atomic mass is 10.1. The van der Waals surface area contributed by atoms with Crippen molar-refractivity contribution in [3.63, 3.8) is 0 Å². The van der Waals surface area contributed by atoms with Crippen molar-refractivity contribution in [2.75, 3.05) is 0 Å². The number of alkyl halides is 2. The largest absolute Gasteiger partial charge is 0.317 e. The summed E-state index contributed by atoms with van der Waals surface area (Å²) in [5, 5.41) is 7.42. The van der Waals surface area contributed by atoms with Crippen LogP contribution in [0.4, 0.5) is 8.78 Å². The molecule has 0 bridgehead atoms. The van der Waals surface area contributed by atoms with Gasteiger partial charge in [0.15, 0.2) is 0 Å². The molecule has 5 heteroatoms. The molecule has 0 unspecified atom stereocenters. The molecule has 1 aliphatic heterocycles. The summed E-state index contributed by atoms with van der Waals surface area (Å²) in [6, 6.07) is 0. The fourth-order valence-corrected chi connectivity index (χ4v) is 1.36. The maximum atomic E-state index is 12.8. The number of hydrogen-bond donors (Lipinski definition) is 0. The van der Waals surface area contributed by atoms with Gasteiger partial charge in [0.1, 0.15) is 12.2 Å². The molecule has 0 radical (unpaired) electrons. The van der Waals surface area contributed by atoms with Crippen LogP contribution in [-0.4, -0.2) is 20.7 Å². The third-order valence-electron chi connectivity index (χ3n) is 2.13. The van der Waals surface area contributed by atoms with Crippen molar-refractivity contribution >= 4 is 0 Å². The van der Waals surface area contributed by atoms with Crippen LogP contribution in [0.2, 0.25) is 0 Å². The van der Waals surface area contributed by atoms with Gasteiger partial charge in [-0.2, -0.15) is 0 Å². The predicted octanol–water partition coefficient (Wildman–Crippen LogP) is 1.25. The SMILES string of the molecule is FC1(F)CCc2nncn2CC1. The zero-order valence-electron chi connectivity index (χ0n) is 6.50. The van der Waals surface area contributed by atoms with E-state index in [2.05, 4.69) is 10.2 Å². The van der Waals surface area contributed by atoms with E-state index < -0.39 is 5.92 Å². The van der Waals surface area contributed by atoms with Gasteiger partial charge < -0.3 is 4.57 Å². The van der Waals surface area contributed by atoms with E-state index in [1.807, 2.05) is 0 Å². The zero-order chi connectivity index (χ0) is 8.60. The molecular weight excluding hydrogens is 164 g/mol. The third kappa shape index (κ3) is 1.31. The first-order chi connectivity index (χ1) is 5.67. The number of fused-ring (bicyclic) bond motifs is 1. The number of aromatic nitrogens is 3. The molecule has 1 aromatic heterocycles. The first-order valence-electron chi connectivity index (χ1n) is 3.92. The van der Waals surface area contributed by atoms with Crippen LogP contribution in [0.15, 0.2) is 6.33 Å². The van der Waals surface area contributed by atoms with Crippen LogP contribution in [0.5, 0.6) is 0 Å². The molecule has 0 saturated heterocycles. The maximum Gasteiger partial charge on any atom is 0.250 e. The summed E-state index contributed by atoms with van der Waals surface area (Å²) < 4.78 is 27.4. The highest BCUT2D eigenvalue weighted by molar-refractivity contribution is 4.91. The van der Waals surface area contributed by atoms with Crippen LogP contribution in [0, 0.1) is 0 Å². The number of rotatable bonds is 0. The Bertz CT molecular complexity index is 257.